The predicted octanol–water partition coefficient (Wildman–Crippen LogP) is 1.10. The number of nitrogens with one attached hydrogen (secondary N) is 1. The van der Waals surface area contributed by atoms with Gasteiger partial charge in [0.15, 0.2) is 5.11 Å². The minimum atomic E-state index is -0.164. The van der Waals surface area contributed by atoms with E-state index in [4.69, 9.17) is 18.0 Å². The number of hydrogen-bond donors (Lipinski definition) is 2. The maximum atomic E-state index is 12.8. The Balaban J connectivity index is 2.08. The van der Waals surface area contributed by atoms with Crippen molar-refractivity contribution in [1.82, 2.24) is 14.8 Å². The van der Waals surface area contributed by atoms with Gasteiger partial charge >= 0.3 is 0 Å². The molecule has 3 heterocycles. The number of thiocarbonyl (C=S) groups is 1. The van der Waals surface area contributed by atoms with Crippen LogP contribution in [0.15, 0.2) is 34.3 Å². The van der Waals surface area contributed by atoms with Crippen molar-refractivity contribution in [2.24, 2.45) is 16.8 Å². The smallest absolute Gasteiger partial charge is 0.268 e. The van der Waals surface area contributed by atoms with Crippen molar-refractivity contribution >= 4 is 35.0 Å². The van der Waals surface area contributed by atoms with Gasteiger partial charge in [0.25, 0.3) is 5.56 Å². The van der Waals surface area contributed by atoms with E-state index in [1.54, 1.807) is 12.3 Å². The molecule has 3 rings (SSSR count). The second kappa shape index (κ2) is 6.96. The average Bonchev–Trinajstić information content (AvgIpc) is 2.57. The van der Waals surface area contributed by atoms with Gasteiger partial charge in [0.1, 0.15) is 17.0 Å². The molecule has 0 saturated carbocycles. The topological polar surface area (TPSA) is 88.0 Å². The molecule has 1 aliphatic rings. The zero-order valence-corrected chi connectivity index (χ0v) is 14.3. The van der Waals surface area contributed by atoms with Crippen molar-refractivity contribution in [1.29, 1.82) is 0 Å². The van der Waals surface area contributed by atoms with Gasteiger partial charge in [0.2, 0.25) is 0 Å². The number of nitrogens with zero attached hydrogens (tertiary/aromatic N) is 4. The van der Waals surface area contributed by atoms with E-state index >= 15 is 0 Å². The Bertz CT molecular complexity index is 838. The number of aromatic nitrogens is 2. The molecule has 8 heteroatoms. The summed E-state index contributed by atoms with van der Waals surface area (Å²) in [7, 11) is 0. The largest absolute Gasteiger partial charge is 0.375 e. The summed E-state index contributed by atoms with van der Waals surface area (Å²) < 4.78 is 1.51. The molecular weight excluding hydrogens is 324 g/mol. The molecule has 2 aromatic rings. The van der Waals surface area contributed by atoms with Gasteiger partial charge in [-0.2, -0.15) is 5.10 Å². The average molecular weight is 344 g/mol. The quantitative estimate of drug-likeness (QED) is 0.492. The Hall–Kier alpha value is -2.48. The third kappa shape index (κ3) is 3.38. The molecule has 0 unspecified atom stereocenters. The van der Waals surface area contributed by atoms with Crippen LogP contribution < -0.4 is 21.6 Å². The molecule has 0 spiro atoms. The molecule has 24 heavy (non-hydrogen) atoms. The van der Waals surface area contributed by atoms with Gasteiger partial charge in [-0.15, -0.1) is 0 Å². The van der Waals surface area contributed by atoms with Crippen molar-refractivity contribution in [2.45, 2.75) is 19.8 Å². The van der Waals surface area contributed by atoms with Crippen LogP contribution in [0.3, 0.4) is 0 Å². The number of anilines is 1. The van der Waals surface area contributed by atoms with Crippen LogP contribution in [0.5, 0.6) is 0 Å². The van der Waals surface area contributed by atoms with Crippen molar-refractivity contribution in [3.05, 3.63) is 40.3 Å². The number of hydrogen-bond acceptors (Lipinski definition) is 5. The van der Waals surface area contributed by atoms with Gasteiger partial charge in [-0.25, -0.2) is 4.98 Å². The standard InChI is InChI=1S/C16H20N6OS/c1-11-5-8-21(9-6-11)14-12(10-18-20-16(17)24)15(23)22-7-3-2-4-13(22)19-14/h2-4,7,10-11H,5-6,8-9H2,1H3,(H3,17,20,24)/b18-10-. The van der Waals surface area contributed by atoms with Crippen molar-refractivity contribution in [3.8, 4) is 0 Å². The summed E-state index contributed by atoms with van der Waals surface area (Å²) in [6.45, 7) is 3.99. The first-order chi connectivity index (χ1) is 11.6. The van der Waals surface area contributed by atoms with Gasteiger partial charge < -0.3 is 10.6 Å². The van der Waals surface area contributed by atoms with Gasteiger partial charge in [-0.05, 0) is 43.1 Å². The lowest BCUT2D eigenvalue weighted by Gasteiger charge is -2.32. The fraction of sp³-hybridized carbons (Fsp3) is 0.375. The number of nitrogens with two attached hydrogens (primary N) is 1. The molecule has 0 bridgehead atoms. The maximum absolute atomic E-state index is 12.8. The Morgan fingerprint density at radius 2 is 2.21 bits per heavy atom. The van der Waals surface area contributed by atoms with Gasteiger partial charge in [-0.1, -0.05) is 13.0 Å². The first kappa shape index (κ1) is 16.4. The molecule has 1 saturated heterocycles. The molecule has 3 N–H and O–H groups in total. The van der Waals surface area contributed by atoms with Gasteiger partial charge in [0, 0.05) is 19.3 Å². The molecule has 7 nitrogen and oxygen atoms in total. The maximum Gasteiger partial charge on any atom is 0.268 e. The Kier molecular flexibility index (Phi) is 4.75. The van der Waals surface area contributed by atoms with Crippen molar-refractivity contribution in [3.63, 3.8) is 0 Å². The van der Waals surface area contributed by atoms with Crippen LogP contribution in [0.4, 0.5) is 5.82 Å². The van der Waals surface area contributed by atoms with Crippen LogP contribution in [0.2, 0.25) is 0 Å². The second-order valence-corrected chi connectivity index (χ2v) is 6.43. The highest BCUT2D eigenvalue weighted by Crippen LogP contribution is 2.23. The summed E-state index contributed by atoms with van der Waals surface area (Å²) in [5.41, 5.74) is 8.75. The summed E-state index contributed by atoms with van der Waals surface area (Å²) in [4.78, 5) is 19.7. The SMILES string of the molecule is CC1CCN(c2nc3ccccn3c(=O)c2/C=N\NC(N)=S)CC1. The molecule has 1 fully saturated rings. The van der Waals surface area contributed by atoms with Gasteiger partial charge in [-0.3, -0.25) is 14.6 Å². The number of rotatable bonds is 3. The zero-order valence-electron chi connectivity index (χ0n) is 13.5. The summed E-state index contributed by atoms with van der Waals surface area (Å²) in [6, 6.07) is 5.49. The highest BCUT2D eigenvalue weighted by atomic mass is 32.1. The van der Waals surface area contributed by atoms with Crippen molar-refractivity contribution in [2.75, 3.05) is 18.0 Å². The fourth-order valence-electron chi connectivity index (χ4n) is 2.83. The van der Waals surface area contributed by atoms with Crippen LogP contribution >= 0.6 is 12.2 Å². The highest BCUT2D eigenvalue weighted by Gasteiger charge is 2.21. The normalized spacial score (nSPS) is 16.0. The summed E-state index contributed by atoms with van der Waals surface area (Å²) in [5, 5.41) is 4.01. The first-order valence-electron chi connectivity index (χ1n) is 7.91. The lowest BCUT2D eigenvalue weighted by Crippen LogP contribution is -2.36. The summed E-state index contributed by atoms with van der Waals surface area (Å²) in [5.74, 6) is 1.35. The van der Waals surface area contributed by atoms with E-state index in [0.29, 0.717) is 22.9 Å². The number of pyridine rings is 1. The Labute approximate surface area is 145 Å². The Morgan fingerprint density at radius 3 is 2.92 bits per heavy atom. The van der Waals surface area contributed by atoms with E-state index in [9.17, 15) is 4.79 Å². The van der Waals surface area contributed by atoms with Crippen molar-refractivity contribution < 1.29 is 0 Å². The van der Waals surface area contributed by atoms with Crippen LogP contribution in [0.1, 0.15) is 25.3 Å². The summed E-state index contributed by atoms with van der Waals surface area (Å²) >= 11 is 4.74. The molecular formula is C16H20N6OS. The molecule has 2 aromatic heterocycles. The number of hydrazone groups is 1. The minimum Gasteiger partial charge on any atom is -0.375 e. The fourth-order valence-corrected chi connectivity index (χ4v) is 2.88. The third-order valence-electron chi connectivity index (χ3n) is 4.20. The van der Waals surface area contributed by atoms with E-state index in [2.05, 4.69) is 27.3 Å². The zero-order chi connectivity index (χ0) is 17.1. The van der Waals surface area contributed by atoms with Gasteiger partial charge in [0.05, 0.1) is 6.21 Å². The highest BCUT2D eigenvalue weighted by molar-refractivity contribution is 7.80. The van der Waals surface area contributed by atoms with E-state index in [1.165, 1.54) is 10.6 Å². The molecule has 1 aliphatic heterocycles. The molecule has 0 amide bonds. The van der Waals surface area contributed by atoms with Crippen LogP contribution in [0.25, 0.3) is 5.65 Å². The second-order valence-electron chi connectivity index (χ2n) is 5.99. The lowest BCUT2D eigenvalue weighted by molar-refractivity contribution is 0.436. The number of fused-ring (bicyclic) bond motifs is 1. The van der Waals surface area contributed by atoms with E-state index < -0.39 is 0 Å². The predicted molar refractivity (Wildman–Crippen MR) is 99.6 cm³/mol. The third-order valence-corrected chi connectivity index (χ3v) is 4.29. The summed E-state index contributed by atoms with van der Waals surface area (Å²) in [6.07, 6.45) is 5.31. The molecule has 0 atom stereocenters. The molecule has 0 aromatic carbocycles. The molecule has 0 aliphatic carbocycles. The van der Waals surface area contributed by atoms with E-state index in [1.807, 2.05) is 12.1 Å². The minimum absolute atomic E-state index is 0.0495. The van der Waals surface area contributed by atoms with E-state index in [0.717, 1.165) is 25.9 Å². The Morgan fingerprint density at radius 1 is 1.46 bits per heavy atom. The molecule has 0 radical (unpaired) electrons. The molecule has 126 valence electrons. The van der Waals surface area contributed by atoms with E-state index in [-0.39, 0.29) is 10.7 Å². The van der Waals surface area contributed by atoms with Crippen LogP contribution in [-0.2, 0) is 0 Å². The van der Waals surface area contributed by atoms with Crippen LogP contribution in [0, 0.1) is 5.92 Å². The first-order valence-corrected chi connectivity index (χ1v) is 8.32. The lowest BCUT2D eigenvalue weighted by atomic mass is 9.99. The monoisotopic (exact) mass is 344 g/mol. The van der Waals surface area contributed by atoms with Crippen LogP contribution in [-0.4, -0.2) is 33.8 Å². The number of piperidine rings is 1.